The van der Waals surface area contributed by atoms with E-state index in [0.717, 1.165) is 11.1 Å². The minimum absolute atomic E-state index is 0.255. The highest BCUT2D eigenvalue weighted by atomic mass is 16.5. The molecule has 1 aromatic carbocycles. The predicted octanol–water partition coefficient (Wildman–Crippen LogP) is 2.64. The van der Waals surface area contributed by atoms with Gasteiger partial charge in [0, 0.05) is 35.5 Å². The van der Waals surface area contributed by atoms with Gasteiger partial charge in [-0.2, -0.15) is 0 Å². The molecule has 7 nitrogen and oxygen atoms in total. The summed E-state index contributed by atoms with van der Waals surface area (Å²) >= 11 is 0. The molecule has 0 bridgehead atoms. The smallest absolute Gasteiger partial charge is 0.274 e. The number of ether oxygens (including phenoxy) is 2. The molecule has 1 aliphatic heterocycles. The van der Waals surface area contributed by atoms with Crippen molar-refractivity contribution in [3.8, 4) is 5.88 Å². The Morgan fingerprint density at radius 3 is 3.19 bits per heavy atom. The van der Waals surface area contributed by atoms with Gasteiger partial charge in [-0.3, -0.25) is 14.5 Å². The molecular formula is C19H20N4O3. The molecule has 1 saturated heterocycles. The van der Waals surface area contributed by atoms with E-state index in [1.807, 2.05) is 0 Å². The summed E-state index contributed by atoms with van der Waals surface area (Å²) < 4.78 is 35.4. The van der Waals surface area contributed by atoms with Crippen molar-refractivity contribution in [2.24, 2.45) is 12.9 Å². The number of aromatic nitrogens is 3. The Morgan fingerprint density at radius 2 is 2.42 bits per heavy atom. The van der Waals surface area contributed by atoms with Crippen molar-refractivity contribution in [3.63, 3.8) is 0 Å². The van der Waals surface area contributed by atoms with Gasteiger partial charge >= 0.3 is 0 Å². The first-order valence-electron chi connectivity index (χ1n) is 9.88. The van der Waals surface area contributed by atoms with Crippen LogP contribution in [0.5, 0.6) is 5.88 Å². The van der Waals surface area contributed by atoms with Crippen molar-refractivity contribution in [1.82, 2.24) is 14.8 Å². The van der Waals surface area contributed by atoms with Gasteiger partial charge < -0.3 is 14.8 Å². The molecule has 134 valence electrons. The Bertz CT molecular complexity index is 1010. The molecule has 1 amide bonds. The predicted molar refractivity (Wildman–Crippen MR) is 97.3 cm³/mol. The maximum Gasteiger partial charge on any atom is 0.274 e. The molecule has 1 aliphatic rings. The zero-order valence-electron chi connectivity index (χ0n) is 17.0. The van der Waals surface area contributed by atoms with Gasteiger partial charge in [-0.15, -0.1) is 5.10 Å². The van der Waals surface area contributed by atoms with Crippen LogP contribution in [-0.4, -0.2) is 40.5 Å². The van der Waals surface area contributed by atoms with E-state index in [9.17, 15) is 4.79 Å². The number of aryl methyl sites for hydroxylation is 1. The summed E-state index contributed by atoms with van der Waals surface area (Å²) in [5, 5.41) is 7.46. The summed E-state index contributed by atoms with van der Waals surface area (Å²) in [4.78, 5) is 16.4. The van der Waals surface area contributed by atoms with Crippen LogP contribution in [0.3, 0.4) is 0 Å². The third-order valence-corrected chi connectivity index (χ3v) is 4.28. The zero-order chi connectivity index (χ0) is 20.4. The van der Waals surface area contributed by atoms with Gasteiger partial charge in [-0.25, -0.2) is 0 Å². The van der Waals surface area contributed by atoms with Crippen LogP contribution < -0.4 is 10.1 Å². The van der Waals surface area contributed by atoms with Crippen molar-refractivity contribution in [1.29, 1.82) is 0 Å². The molecule has 3 aromatic rings. The largest absolute Gasteiger partial charge is 0.476 e. The molecule has 1 unspecified atom stereocenters. The number of hydrogen-bond acceptors (Lipinski definition) is 5. The number of rotatable bonds is 5. The van der Waals surface area contributed by atoms with E-state index in [2.05, 4.69) is 15.4 Å². The maximum absolute atomic E-state index is 12.3. The van der Waals surface area contributed by atoms with Crippen molar-refractivity contribution < 1.29 is 18.4 Å². The molecule has 2 aromatic heterocycles. The number of benzene rings is 1. The molecule has 0 aliphatic carbocycles. The van der Waals surface area contributed by atoms with Crippen LogP contribution in [0.4, 0.5) is 5.69 Å². The molecular weight excluding hydrogens is 332 g/mol. The quantitative estimate of drug-likeness (QED) is 0.761. The Balaban J connectivity index is 1.62. The first-order valence-corrected chi connectivity index (χ1v) is 8.38. The monoisotopic (exact) mass is 355 g/mol. The van der Waals surface area contributed by atoms with Crippen LogP contribution in [0.2, 0.25) is 0 Å². The van der Waals surface area contributed by atoms with Crippen LogP contribution in [0, 0.1) is 5.92 Å². The van der Waals surface area contributed by atoms with Crippen molar-refractivity contribution >= 4 is 22.5 Å². The second-order valence-corrected chi connectivity index (χ2v) is 6.16. The Hall–Kier alpha value is -2.93. The molecule has 3 heterocycles. The summed E-state index contributed by atoms with van der Waals surface area (Å²) in [5.74, 6) is 0.133. The fourth-order valence-electron chi connectivity index (χ4n) is 2.87. The normalized spacial score (nSPS) is 18.9. The van der Waals surface area contributed by atoms with Gasteiger partial charge in [0.25, 0.3) is 5.91 Å². The van der Waals surface area contributed by atoms with E-state index in [1.54, 1.807) is 36.4 Å². The first-order chi connectivity index (χ1) is 13.9. The van der Waals surface area contributed by atoms with Crippen LogP contribution in [0.25, 0.3) is 10.9 Å². The molecule has 1 fully saturated rings. The number of hydrogen-bond donors (Lipinski definition) is 1. The van der Waals surface area contributed by atoms with E-state index in [-0.39, 0.29) is 23.4 Å². The van der Waals surface area contributed by atoms with Crippen molar-refractivity contribution in [3.05, 3.63) is 48.3 Å². The number of anilines is 1. The molecule has 7 heteroatoms. The number of nitrogens with zero attached hydrogens (tertiary/aromatic N) is 3. The van der Waals surface area contributed by atoms with Gasteiger partial charge in [0.05, 0.1) is 24.1 Å². The lowest BCUT2D eigenvalue weighted by Gasteiger charge is -2.08. The fourth-order valence-corrected chi connectivity index (χ4v) is 2.87. The Morgan fingerprint density at radius 1 is 1.46 bits per heavy atom. The minimum atomic E-state index is -2.49. The number of carbonyl (C=O) groups excluding carboxylic acids is 1. The van der Waals surface area contributed by atoms with Crippen LogP contribution in [-0.2, 0) is 11.7 Å². The summed E-state index contributed by atoms with van der Waals surface area (Å²) in [6.07, 6.45) is 2.43. The van der Waals surface area contributed by atoms with Crippen molar-refractivity contribution in [2.75, 3.05) is 25.1 Å². The van der Waals surface area contributed by atoms with Gasteiger partial charge in [0.15, 0.2) is 0 Å². The molecule has 1 atom stereocenters. The van der Waals surface area contributed by atoms with Gasteiger partial charge in [0.2, 0.25) is 5.88 Å². The molecule has 1 N–H and O–H groups in total. The summed E-state index contributed by atoms with van der Waals surface area (Å²) in [5.41, 5.74) is 1.05. The highest BCUT2D eigenvalue weighted by Gasteiger charge is 2.18. The van der Waals surface area contributed by atoms with E-state index in [0.29, 0.717) is 36.4 Å². The van der Waals surface area contributed by atoms with Gasteiger partial charge in [-0.05, 0) is 36.8 Å². The molecule has 26 heavy (non-hydrogen) atoms. The summed E-state index contributed by atoms with van der Waals surface area (Å²) in [6.45, 7) is -0.745. The lowest BCUT2D eigenvalue weighted by molar-refractivity contribution is 0.102. The second kappa shape index (κ2) is 7.13. The average molecular weight is 355 g/mol. The molecule has 0 saturated carbocycles. The van der Waals surface area contributed by atoms with Crippen LogP contribution in [0.1, 0.15) is 21.0 Å². The molecule has 0 spiro atoms. The molecule has 0 radical (unpaired) electrons. The second-order valence-electron chi connectivity index (χ2n) is 6.16. The minimum Gasteiger partial charge on any atom is -0.476 e. The van der Waals surface area contributed by atoms with Gasteiger partial charge in [0.1, 0.15) is 5.69 Å². The number of amides is 1. The SMILES string of the molecule is [2H]C([2H])([2H])n1nc(OCC2CCOC2)c2ccc(NC(=O)c3ccccn3)cc21. The van der Waals surface area contributed by atoms with Gasteiger partial charge in [-0.1, -0.05) is 6.07 Å². The van der Waals surface area contributed by atoms with E-state index in [4.69, 9.17) is 13.6 Å². The molecule has 4 rings (SSSR count). The standard InChI is InChI=1S/C19H20N4O3/c1-23-17-10-14(21-18(24)16-4-2-3-8-20-16)5-6-15(17)19(22-23)26-12-13-7-9-25-11-13/h2-6,8,10,13H,7,9,11-12H2,1H3,(H,21,24)/i1D3. The van der Waals surface area contributed by atoms with Crippen molar-refractivity contribution in [2.45, 2.75) is 6.42 Å². The fraction of sp³-hybridized carbons (Fsp3) is 0.316. The number of nitrogens with one attached hydrogen (secondary N) is 1. The number of fused-ring (bicyclic) bond motifs is 1. The summed E-state index contributed by atoms with van der Waals surface area (Å²) in [7, 11) is 0. The average Bonchev–Trinajstić information content (AvgIpc) is 3.34. The Labute approximate surface area is 155 Å². The zero-order valence-corrected chi connectivity index (χ0v) is 14.0. The lowest BCUT2D eigenvalue weighted by atomic mass is 10.1. The number of carbonyl (C=O) groups is 1. The maximum atomic E-state index is 12.3. The topological polar surface area (TPSA) is 78.3 Å². The highest BCUT2D eigenvalue weighted by molar-refractivity contribution is 6.03. The van der Waals surface area contributed by atoms with E-state index >= 15 is 0 Å². The third kappa shape index (κ3) is 3.39. The van der Waals surface area contributed by atoms with Crippen LogP contribution >= 0.6 is 0 Å². The highest BCUT2D eigenvalue weighted by Crippen LogP contribution is 2.28. The third-order valence-electron chi connectivity index (χ3n) is 4.28. The van der Waals surface area contributed by atoms with Crippen LogP contribution in [0.15, 0.2) is 42.6 Å². The number of pyridine rings is 1. The summed E-state index contributed by atoms with van der Waals surface area (Å²) in [6, 6.07) is 9.98. The first kappa shape index (κ1) is 13.3. The van der Waals surface area contributed by atoms with E-state index in [1.165, 1.54) is 6.20 Å². The Kier molecular flexibility index (Phi) is 3.65. The lowest BCUT2D eigenvalue weighted by Crippen LogP contribution is -2.13. The van der Waals surface area contributed by atoms with E-state index < -0.39 is 6.98 Å².